The number of carbonyl (C=O) groups excluding carboxylic acids is 2. The fraction of sp³-hybridized carbons (Fsp3) is 0.333. The van der Waals surface area contributed by atoms with Crippen LogP contribution in [-0.4, -0.2) is 47.3 Å². The summed E-state index contributed by atoms with van der Waals surface area (Å²) in [6, 6.07) is 5.52. The molecule has 0 N–H and O–H groups in total. The maximum Gasteiger partial charge on any atom is 0.262 e. The zero-order valence-corrected chi connectivity index (χ0v) is 13.9. The number of hydrogen-bond acceptors (Lipinski definition) is 7. The minimum atomic E-state index is -3.29. The van der Waals surface area contributed by atoms with Crippen LogP contribution in [0.2, 0.25) is 0 Å². The van der Waals surface area contributed by atoms with Crippen LogP contribution in [-0.2, 0) is 9.84 Å². The van der Waals surface area contributed by atoms with Crippen LogP contribution in [0, 0.1) is 6.92 Å². The topological polar surface area (TPSA) is 110 Å². The highest BCUT2D eigenvalue weighted by Gasteiger charge is 2.42. The first-order valence-corrected chi connectivity index (χ1v) is 9.29. The number of fused-ring (bicyclic) bond motifs is 1. The van der Waals surface area contributed by atoms with Gasteiger partial charge in [-0.3, -0.25) is 14.5 Å². The van der Waals surface area contributed by atoms with Crippen molar-refractivity contribution < 1.29 is 22.5 Å². The zero-order valence-electron chi connectivity index (χ0n) is 13.1. The van der Waals surface area contributed by atoms with Gasteiger partial charge in [-0.1, -0.05) is 17.3 Å². The van der Waals surface area contributed by atoms with Gasteiger partial charge >= 0.3 is 0 Å². The number of sulfone groups is 1. The number of carbonyl (C=O) groups is 2. The minimum absolute atomic E-state index is 0.00800. The first-order valence-electron chi connectivity index (χ1n) is 7.23. The molecule has 2 heterocycles. The lowest BCUT2D eigenvalue weighted by Crippen LogP contribution is -2.35. The molecule has 0 bridgehead atoms. The molecule has 1 aromatic heterocycles. The van der Waals surface area contributed by atoms with Crippen LogP contribution >= 0.6 is 0 Å². The van der Waals surface area contributed by atoms with Gasteiger partial charge in [0.25, 0.3) is 11.8 Å². The summed E-state index contributed by atoms with van der Waals surface area (Å²) in [5, 5.41) is 3.67. The van der Waals surface area contributed by atoms with Gasteiger partial charge < -0.3 is 4.52 Å². The second kappa shape index (κ2) is 5.82. The lowest BCUT2D eigenvalue weighted by Gasteiger charge is -2.22. The third-order valence-corrected chi connectivity index (χ3v) is 4.70. The fourth-order valence-electron chi connectivity index (χ4n) is 2.63. The summed E-state index contributed by atoms with van der Waals surface area (Å²) in [5.74, 6) is -0.821. The van der Waals surface area contributed by atoms with Crippen molar-refractivity contribution >= 4 is 21.7 Å². The Balaban J connectivity index is 2.00. The highest BCUT2D eigenvalue weighted by molar-refractivity contribution is 7.90. The molecule has 126 valence electrons. The molecule has 0 saturated carbocycles. The van der Waals surface area contributed by atoms with Crippen molar-refractivity contribution in [2.45, 2.75) is 19.4 Å². The maximum absolute atomic E-state index is 12.6. The first kappa shape index (κ1) is 16.3. The molecule has 3 rings (SSSR count). The third kappa shape index (κ3) is 2.94. The molecule has 1 aromatic carbocycles. The maximum atomic E-state index is 12.6. The predicted octanol–water partition coefficient (Wildman–Crippen LogP) is 1.15. The molecule has 0 unspecified atom stereocenters. The smallest absolute Gasteiger partial charge is 0.262 e. The molecule has 1 aliphatic heterocycles. The molecule has 1 atom stereocenters. The van der Waals surface area contributed by atoms with Crippen molar-refractivity contribution in [3.63, 3.8) is 0 Å². The summed E-state index contributed by atoms with van der Waals surface area (Å²) < 4.78 is 28.1. The van der Waals surface area contributed by atoms with E-state index in [0.717, 1.165) is 11.2 Å². The largest absolute Gasteiger partial charge is 0.337 e. The van der Waals surface area contributed by atoms with Crippen LogP contribution in [0.15, 0.2) is 28.8 Å². The van der Waals surface area contributed by atoms with E-state index in [2.05, 4.69) is 10.1 Å². The van der Waals surface area contributed by atoms with Crippen LogP contribution in [0.4, 0.5) is 0 Å². The highest BCUT2D eigenvalue weighted by atomic mass is 32.2. The van der Waals surface area contributed by atoms with Gasteiger partial charge in [-0.15, -0.1) is 0 Å². The molecular formula is C15H15N3O5S. The van der Waals surface area contributed by atoms with E-state index in [4.69, 9.17) is 4.52 Å². The molecule has 2 aromatic rings. The quantitative estimate of drug-likeness (QED) is 0.745. The molecule has 0 radical (unpaired) electrons. The zero-order chi connectivity index (χ0) is 17.5. The van der Waals surface area contributed by atoms with Gasteiger partial charge in [0.2, 0.25) is 5.89 Å². The number of imide groups is 1. The summed E-state index contributed by atoms with van der Waals surface area (Å²) in [5.41, 5.74) is 0.561. The Morgan fingerprint density at radius 3 is 2.21 bits per heavy atom. The summed E-state index contributed by atoms with van der Waals surface area (Å²) in [7, 11) is -3.29. The molecule has 0 saturated heterocycles. The molecule has 1 aliphatic rings. The van der Waals surface area contributed by atoms with Gasteiger partial charge in [-0.2, -0.15) is 4.98 Å². The second-order valence-corrected chi connectivity index (χ2v) is 7.90. The summed E-state index contributed by atoms with van der Waals surface area (Å²) >= 11 is 0. The van der Waals surface area contributed by atoms with Gasteiger partial charge in [0.15, 0.2) is 5.82 Å². The van der Waals surface area contributed by atoms with Crippen LogP contribution in [0.1, 0.15) is 44.9 Å². The van der Waals surface area contributed by atoms with Gasteiger partial charge in [0.1, 0.15) is 15.9 Å². The van der Waals surface area contributed by atoms with E-state index < -0.39 is 27.7 Å². The molecule has 9 heteroatoms. The molecule has 0 fully saturated rings. The van der Waals surface area contributed by atoms with Gasteiger partial charge in [0.05, 0.1) is 16.9 Å². The highest BCUT2D eigenvalue weighted by Crippen LogP contribution is 2.33. The number of benzene rings is 1. The summed E-state index contributed by atoms with van der Waals surface area (Å²) in [6.07, 6.45) is 1.08. The third-order valence-electron chi connectivity index (χ3n) is 3.73. The van der Waals surface area contributed by atoms with Gasteiger partial charge in [-0.05, 0) is 25.5 Å². The lowest BCUT2D eigenvalue weighted by molar-refractivity contribution is 0.0547. The first-order chi connectivity index (χ1) is 11.3. The van der Waals surface area contributed by atoms with Crippen LogP contribution < -0.4 is 0 Å². The Morgan fingerprint density at radius 1 is 1.17 bits per heavy atom. The average Bonchev–Trinajstić information content (AvgIpc) is 3.04. The molecule has 8 nitrogen and oxygen atoms in total. The number of aromatic nitrogens is 2. The number of aryl methyl sites for hydroxylation is 1. The van der Waals surface area contributed by atoms with Crippen LogP contribution in [0.5, 0.6) is 0 Å². The van der Waals surface area contributed by atoms with E-state index in [0.29, 0.717) is 5.82 Å². The Labute approximate surface area is 138 Å². The predicted molar refractivity (Wildman–Crippen MR) is 83.0 cm³/mol. The summed E-state index contributed by atoms with van der Waals surface area (Å²) in [4.78, 5) is 30.3. The Kier molecular flexibility index (Phi) is 3.96. The SMILES string of the molecule is Cc1noc([C@H](CCS(C)(=O)=O)N2C(=O)c3ccccc3C2=O)n1. The minimum Gasteiger partial charge on any atom is -0.337 e. The van der Waals surface area contributed by atoms with Crippen molar-refractivity contribution in [1.82, 2.24) is 15.0 Å². The average molecular weight is 349 g/mol. The Hall–Kier alpha value is -2.55. The second-order valence-electron chi connectivity index (χ2n) is 5.64. The normalized spacial score (nSPS) is 15.7. The van der Waals surface area contributed by atoms with Crippen molar-refractivity contribution in [1.29, 1.82) is 0 Å². The summed E-state index contributed by atoms with van der Waals surface area (Å²) in [6.45, 7) is 1.60. The van der Waals surface area contributed by atoms with E-state index in [1.54, 1.807) is 31.2 Å². The Morgan fingerprint density at radius 2 is 1.75 bits per heavy atom. The molecular weight excluding hydrogens is 334 g/mol. The van der Waals surface area contributed by atoms with Crippen molar-refractivity contribution in [3.8, 4) is 0 Å². The van der Waals surface area contributed by atoms with E-state index in [-0.39, 0.29) is 29.2 Å². The van der Waals surface area contributed by atoms with E-state index in [1.807, 2.05) is 0 Å². The lowest BCUT2D eigenvalue weighted by atomic mass is 10.1. The molecule has 0 aliphatic carbocycles. The van der Waals surface area contributed by atoms with Crippen LogP contribution in [0.25, 0.3) is 0 Å². The Bertz CT molecular complexity index is 884. The van der Waals surface area contributed by atoms with Crippen molar-refractivity contribution in [2.75, 3.05) is 12.0 Å². The monoisotopic (exact) mass is 349 g/mol. The number of rotatable bonds is 5. The van der Waals surface area contributed by atoms with Crippen molar-refractivity contribution in [3.05, 3.63) is 47.1 Å². The van der Waals surface area contributed by atoms with E-state index in [1.165, 1.54) is 0 Å². The molecule has 2 amide bonds. The fourth-order valence-corrected chi connectivity index (χ4v) is 3.28. The van der Waals surface area contributed by atoms with E-state index >= 15 is 0 Å². The molecule has 24 heavy (non-hydrogen) atoms. The van der Waals surface area contributed by atoms with Crippen LogP contribution in [0.3, 0.4) is 0 Å². The van der Waals surface area contributed by atoms with Crippen molar-refractivity contribution in [2.24, 2.45) is 0 Å². The number of hydrogen-bond donors (Lipinski definition) is 0. The van der Waals surface area contributed by atoms with E-state index in [9.17, 15) is 18.0 Å². The van der Waals surface area contributed by atoms with Gasteiger partial charge in [-0.25, -0.2) is 8.42 Å². The van der Waals surface area contributed by atoms with Gasteiger partial charge in [0, 0.05) is 6.26 Å². The standard InChI is InChI=1S/C15H15N3O5S/c1-9-16-13(23-17-9)12(7-8-24(2,21)22)18-14(19)10-5-3-4-6-11(10)15(18)20/h3-6,12H,7-8H2,1-2H3/t12-/m0/s1. The number of amides is 2. The number of nitrogens with zero attached hydrogens (tertiary/aromatic N) is 3. The molecule has 0 spiro atoms.